The maximum absolute atomic E-state index is 12.0. The molecule has 0 amide bonds. The van der Waals surface area contributed by atoms with Crippen LogP contribution in [0.25, 0.3) is 0 Å². The van der Waals surface area contributed by atoms with Gasteiger partial charge in [0.15, 0.2) is 6.61 Å². The maximum Gasteiger partial charge on any atom is 0.422 e. The van der Waals surface area contributed by atoms with Gasteiger partial charge in [0.2, 0.25) is 0 Å². The molecule has 1 heterocycles. The smallest absolute Gasteiger partial charge is 0.422 e. The molecule has 0 aliphatic carbocycles. The monoisotopic (exact) mass is 349 g/mol. The first-order valence-electron chi connectivity index (χ1n) is 5.69. The first kappa shape index (κ1) is 14.8. The Hall–Kier alpha value is -1.63. The SMILES string of the molecule is FC(F)(F)COc1ccc(NCc2occc2Br)cc1. The summed E-state index contributed by atoms with van der Waals surface area (Å²) in [6.07, 6.45) is -2.77. The van der Waals surface area contributed by atoms with Gasteiger partial charge < -0.3 is 14.5 Å². The van der Waals surface area contributed by atoms with Gasteiger partial charge in [-0.15, -0.1) is 0 Å². The molecular formula is C13H11BrF3NO2. The molecule has 7 heteroatoms. The molecule has 0 aliphatic heterocycles. The summed E-state index contributed by atoms with van der Waals surface area (Å²) < 4.78 is 46.7. The van der Waals surface area contributed by atoms with E-state index in [2.05, 4.69) is 26.0 Å². The van der Waals surface area contributed by atoms with Gasteiger partial charge in [0.1, 0.15) is 11.5 Å². The van der Waals surface area contributed by atoms with E-state index in [9.17, 15) is 13.2 Å². The first-order chi connectivity index (χ1) is 9.44. The van der Waals surface area contributed by atoms with Crippen LogP contribution in [0.4, 0.5) is 18.9 Å². The number of hydrogen-bond acceptors (Lipinski definition) is 3. The van der Waals surface area contributed by atoms with Gasteiger partial charge in [-0.3, -0.25) is 0 Å². The van der Waals surface area contributed by atoms with E-state index in [1.807, 2.05) is 0 Å². The van der Waals surface area contributed by atoms with Gasteiger partial charge in [-0.1, -0.05) is 0 Å². The molecular weight excluding hydrogens is 339 g/mol. The fourth-order valence-electron chi connectivity index (χ4n) is 1.47. The topological polar surface area (TPSA) is 34.4 Å². The van der Waals surface area contributed by atoms with Crippen molar-refractivity contribution in [1.29, 1.82) is 0 Å². The van der Waals surface area contributed by atoms with E-state index >= 15 is 0 Å². The lowest BCUT2D eigenvalue weighted by molar-refractivity contribution is -0.153. The molecule has 1 aromatic carbocycles. The Balaban J connectivity index is 1.87. The van der Waals surface area contributed by atoms with E-state index in [4.69, 9.17) is 4.42 Å². The highest BCUT2D eigenvalue weighted by molar-refractivity contribution is 9.10. The summed E-state index contributed by atoms with van der Waals surface area (Å²) in [7, 11) is 0. The van der Waals surface area contributed by atoms with Gasteiger partial charge >= 0.3 is 6.18 Å². The standard InChI is InChI=1S/C13H11BrF3NO2/c14-11-5-6-19-12(11)7-18-9-1-3-10(4-2-9)20-8-13(15,16)17/h1-6,18H,7-8H2. The molecule has 1 N–H and O–H groups in total. The predicted molar refractivity (Wildman–Crippen MR) is 71.7 cm³/mol. The zero-order valence-electron chi connectivity index (χ0n) is 10.2. The molecule has 108 valence electrons. The third-order valence-electron chi connectivity index (χ3n) is 2.40. The van der Waals surface area contributed by atoms with Gasteiger partial charge in [0, 0.05) is 5.69 Å². The summed E-state index contributed by atoms with van der Waals surface area (Å²) in [6.45, 7) is -0.824. The van der Waals surface area contributed by atoms with E-state index in [1.165, 1.54) is 12.1 Å². The lowest BCUT2D eigenvalue weighted by Gasteiger charge is -2.10. The number of halogens is 4. The first-order valence-corrected chi connectivity index (χ1v) is 6.49. The summed E-state index contributed by atoms with van der Waals surface area (Å²) in [5.74, 6) is 0.912. The lowest BCUT2D eigenvalue weighted by atomic mass is 10.3. The number of ether oxygens (including phenoxy) is 1. The van der Waals surface area contributed by atoms with Crippen molar-refractivity contribution in [1.82, 2.24) is 0 Å². The highest BCUT2D eigenvalue weighted by Gasteiger charge is 2.28. The second-order valence-electron chi connectivity index (χ2n) is 3.97. The number of rotatable bonds is 5. The van der Waals surface area contributed by atoms with Crippen molar-refractivity contribution in [3.63, 3.8) is 0 Å². The molecule has 3 nitrogen and oxygen atoms in total. The van der Waals surface area contributed by atoms with Crippen LogP contribution in [0.5, 0.6) is 5.75 Å². The van der Waals surface area contributed by atoms with Crippen LogP contribution in [-0.4, -0.2) is 12.8 Å². The average molecular weight is 350 g/mol. The van der Waals surface area contributed by atoms with Gasteiger partial charge in [0.05, 0.1) is 17.3 Å². The number of hydrogen-bond donors (Lipinski definition) is 1. The van der Waals surface area contributed by atoms with E-state index in [-0.39, 0.29) is 5.75 Å². The van der Waals surface area contributed by atoms with Crippen LogP contribution in [-0.2, 0) is 6.54 Å². The lowest BCUT2D eigenvalue weighted by Crippen LogP contribution is -2.19. The molecule has 0 fully saturated rings. The Labute approximate surface area is 121 Å². The van der Waals surface area contributed by atoms with Crippen LogP contribution in [0.2, 0.25) is 0 Å². The van der Waals surface area contributed by atoms with Crippen LogP contribution in [0, 0.1) is 0 Å². The summed E-state index contributed by atoms with van der Waals surface area (Å²) in [6, 6.07) is 8.02. The fourth-order valence-corrected chi connectivity index (χ4v) is 1.81. The molecule has 20 heavy (non-hydrogen) atoms. The van der Waals surface area contributed by atoms with Crippen LogP contribution in [0.15, 0.2) is 45.5 Å². The Bertz CT molecular complexity index is 551. The Morgan fingerprint density at radius 3 is 2.40 bits per heavy atom. The van der Waals surface area contributed by atoms with Gasteiger partial charge in [-0.05, 0) is 46.3 Å². The van der Waals surface area contributed by atoms with E-state index in [0.29, 0.717) is 6.54 Å². The molecule has 0 radical (unpaired) electrons. The number of benzene rings is 1. The van der Waals surface area contributed by atoms with Crippen molar-refractivity contribution in [3.05, 3.63) is 46.8 Å². The molecule has 0 unspecified atom stereocenters. The maximum atomic E-state index is 12.0. The van der Waals surface area contributed by atoms with Crippen LogP contribution in [0.1, 0.15) is 5.76 Å². The van der Waals surface area contributed by atoms with Crippen molar-refractivity contribution < 1.29 is 22.3 Å². The molecule has 2 aromatic rings. The van der Waals surface area contributed by atoms with Crippen LogP contribution >= 0.6 is 15.9 Å². The minimum absolute atomic E-state index is 0.173. The second kappa shape index (κ2) is 6.21. The molecule has 0 aliphatic rings. The normalized spacial score (nSPS) is 11.4. The third kappa shape index (κ3) is 4.48. The van der Waals surface area contributed by atoms with E-state index in [0.717, 1.165) is 15.9 Å². The van der Waals surface area contributed by atoms with Crippen molar-refractivity contribution >= 4 is 21.6 Å². The number of furan rings is 1. The number of alkyl halides is 3. The molecule has 0 spiro atoms. The predicted octanol–water partition coefficient (Wildman–Crippen LogP) is 4.60. The van der Waals surface area contributed by atoms with Crippen molar-refractivity contribution in [2.24, 2.45) is 0 Å². The minimum Gasteiger partial charge on any atom is -0.484 e. The van der Waals surface area contributed by atoms with E-state index in [1.54, 1.807) is 24.5 Å². The molecule has 0 atom stereocenters. The Morgan fingerprint density at radius 1 is 1.15 bits per heavy atom. The summed E-state index contributed by atoms with van der Waals surface area (Å²) >= 11 is 3.33. The zero-order valence-corrected chi connectivity index (χ0v) is 11.8. The van der Waals surface area contributed by atoms with Crippen LogP contribution in [0.3, 0.4) is 0 Å². The largest absolute Gasteiger partial charge is 0.484 e. The van der Waals surface area contributed by atoms with Gasteiger partial charge in [0.25, 0.3) is 0 Å². The zero-order chi connectivity index (χ0) is 14.6. The summed E-state index contributed by atoms with van der Waals surface area (Å²) in [5.41, 5.74) is 0.757. The quantitative estimate of drug-likeness (QED) is 0.856. The highest BCUT2D eigenvalue weighted by Crippen LogP contribution is 2.22. The number of nitrogens with one attached hydrogen (secondary N) is 1. The number of anilines is 1. The van der Waals surface area contributed by atoms with Crippen LogP contribution < -0.4 is 10.1 Å². The molecule has 2 rings (SSSR count). The second-order valence-corrected chi connectivity index (χ2v) is 4.83. The molecule has 1 aromatic heterocycles. The minimum atomic E-state index is -4.33. The van der Waals surface area contributed by atoms with Crippen molar-refractivity contribution in [3.8, 4) is 5.75 Å². The van der Waals surface area contributed by atoms with Gasteiger partial charge in [-0.2, -0.15) is 13.2 Å². The van der Waals surface area contributed by atoms with Crippen molar-refractivity contribution in [2.45, 2.75) is 12.7 Å². The summed E-state index contributed by atoms with van der Waals surface area (Å²) in [4.78, 5) is 0. The molecule has 0 saturated carbocycles. The Kier molecular flexibility index (Phi) is 4.59. The van der Waals surface area contributed by atoms with Crippen molar-refractivity contribution in [2.75, 3.05) is 11.9 Å². The molecule has 0 bridgehead atoms. The third-order valence-corrected chi connectivity index (χ3v) is 3.11. The highest BCUT2D eigenvalue weighted by atomic mass is 79.9. The summed E-state index contributed by atoms with van der Waals surface area (Å²) in [5, 5.41) is 3.09. The van der Waals surface area contributed by atoms with Gasteiger partial charge in [-0.25, -0.2) is 0 Å². The average Bonchev–Trinajstić information content (AvgIpc) is 2.80. The van der Waals surface area contributed by atoms with E-state index < -0.39 is 12.8 Å². The fraction of sp³-hybridized carbons (Fsp3) is 0.231. The molecule has 0 saturated heterocycles. The Morgan fingerprint density at radius 2 is 1.85 bits per heavy atom.